The number of ether oxygens (including phenoxy) is 1. The molecule has 26 heavy (non-hydrogen) atoms. The summed E-state index contributed by atoms with van der Waals surface area (Å²) in [6, 6.07) is 21.0. The highest BCUT2D eigenvalue weighted by Gasteiger charge is 2.28. The summed E-state index contributed by atoms with van der Waals surface area (Å²) < 4.78 is 5.55. The third kappa shape index (κ3) is 4.63. The van der Waals surface area contributed by atoms with Gasteiger partial charge in [0, 0.05) is 0 Å². The molecule has 0 fully saturated rings. The Hall–Kier alpha value is -2.35. The predicted molar refractivity (Wildman–Crippen MR) is 108 cm³/mol. The Morgan fingerprint density at radius 2 is 1.54 bits per heavy atom. The van der Waals surface area contributed by atoms with Crippen molar-refractivity contribution in [2.45, 2.75) is 45.4 Å². The summed E-state index contributed by atoms with van der Waals surface area (Å²) in [4.78, 5) is 12.5. The van der Waals surface area contributed by atoms with Gasteiger partial charge < -0.3 is 4.74 Å². The fourth-order valence-corrected chi connectivity index (χ4v) is 3.67. The van der Waals surface area contributed by atoms with E-state index in [1.807, 2.05) is 12.1 Å². The summed E-state index contributed by atoms with van der Waals surface area (Å²) in [6.45, 7) is 2.71. The van der Waals surface area contributed by atoms with Gasteiger partial charge in [0.15, 0.2) is 0 Å². The molecule has 0 saturated heterocycles. The molecule has 0 saturated carbocycles. The molecular formula is C24H28O2. The fraction of sp³-hybridized carbons (Fsp3) is 0.375. The van der Waals surface area contributed by atoms with Gasteiger partial charge in [-0.05, 0) is 48.0 Å². The molecule has 136 valence electrons. The standard InChI is InChI=1S/C24H28O2/c1-2-3-10-17-26-24(25)21-15-16-22(19-11-6-4-7-12-19)23(18-21)20-13-8-5-9-14-20/h4-9,11-14,21H,2-3,10,15-18H2,1H3. The molecule has 0 amide bonds. The number of rotatable bonds is 7. The largest absolute Gasteiger partial charge is 0.465 e. The molecule has 0 heterocycles. The van der Waals surface area contributed by atoms with Crippen molar-refractivity contribution in [3.8, 4) is 0 Å². The van der Waals surface area contributed by atoms with E-state index < -0.39 is 0 Å². The molecule has 1 aliphatic rings. The Labute approximate surface area is 156 Å². The molecule has 3 rings (SSSR count). The average molecular weight is 348 g/mol. The van der Waals surface area contributed by atoms with E-state index in [-0.39, 0.29) is 11.9 Å². The van der Waals surface area contributed by atoms with Crippen molar-refractivity contribution in [3.05, 3.63) is 71.8 Å². The smallest absolute Gasteiger partial charge is 0.309 e. The van der Waals surface area contributed by atoms with Gasteiger partial charge in [0.05, 0.1) is 12.5 Å². The summed E-state index contributed by atoms with van der Waals surface area (Å²) >= 11 is 0. The minimum Gasteiger partial charge on any atom is -0.465 e. The molecule has 0 spiro atoms. The van der Waals surface area contributed by atoms with Crippen LogP contribution in [-0.4, -0.2) is 12.6 Å². The molecule has 0 bridgehead atoms. The molecule has 2 aromatic carbocycles. The fourth-order valence-electron chi connectivity index (χ4n) is 3.67. The van der Waals surface area contributed by atoms with E-state index in [0.29, 0.717) is 6.61 Å². The van der Waals surface area contributed by atoms with Gasteiger partial charge in [0.2, 0.25) is 0 Å². The number of hydrogen-bond acceptors (Lipinski definition) is 2. The van der Waals surface area contributed by atoms with Gasteiger partial charge >= 0.3 is 5.97 Å². The van der Waals surface area contributed by atoms with Crippen LogP contribution in [0.3, 0.4) is 0 Å². The minimum absolute atomic E-state index is 0.0263. The van der Waals surface area contributed by atoms with Crippen molar-refractivity contribution in [1.82, 2.24) is 0 Å². The van der Waals surface area contributed by atoms with Crippen molar-refractivity contribution in [1.29, 1.82) is 0 Å². The maximum Gasteiger partial charge on any atom is 0.309 e. The summed E-state index contributed by atoms with van der Waals surface area (Å²) in [5, 5.41) is 0. The van der Waals surface area contributed by atoms with E-state index in [2.05, 4.69) is 55.5 Å². The van der Waals surface area contributed by atoms with Gasteiger partial charge in [-0.15, -0.1) is 0 Å². The summed E-state index contributed by atoms with van der Waals surface area (Å²) in [7, 11) is 0. The highest BCUT2D eigenvalue weighted by molar-refractivity contribution is 5.93. The van der Waals surface area contributed by atoms with E-state index >= 15 is 0 Å². The minimum atomic E-state index is -0.0284. The number of hydrogen-bond donors (Lipinski definition) is 0. The quantitative estimate of drug-likeness (QED) is 0.444. The van der Waals surface area contributed by atoms with E-state index in [1.165, 1.54) is 22.3 Å². The van der Waals surface area contributed by atoms with Gasteiger partial charge in [-0.3, -0.25) is 4.79 Å². The van der Waals surface area contributed by atoms with Crippen LogP contribution in [0.1, 0.15) is 56.6 Å². The first-order valence-corrected chi connectivity index (χ1v) is 9.79. The normalized spacial score (nSPS) is 17.2. The molecule has 2 aromatic rings. The predicted octanol–water partition coefficient (Wildman–Crippen LogP) is 6.13. The van der Waals surface area contributed by atoms with Crippen LogP contribution in [-0.2, 0) is 9.53 Å². The molecule has 0 N–H and O–H groups in total. The lowest BCUT2D eigenvalue weighted by molar-refractivity contribution is -0.148. The zero-order valence-electron chi connectivity index (χ0n) is 15.6. The zero-order chi connectivity index (χ0) is 18.2. The number of unbranched alkanes of at least 4 members (excludes halogenated alkanes) is 2. The molecule has 2 heteroatoms. The Balaban J connectivity index is 1.81. The highest BCUT2D eigenvalue weighted by atomic mass is 16.5. The number of carbonyl (C=O) groups excluding carboxylic acids is 1. The van der Waals surface area contributed by atoms with Crippen molar-refractivity contribution >= 4 is 17.1 Å². The first-order valence-electron chi connectivity index (χ1n) is 9.79. The Kier molecular flexibility index (Phi) is 6.65. The third-order valence-corrected chi connectivity index (χ3v) is 5.13. The number of carbonyl (C=O) groups is 1. The summed E-state index contributed by atoms with van der Waals surface area (Å²) in [5.74, 6) is -0.0547. The molecular weight excluding hydrogens is 320 g/mol. The highest BCUT2D eigenvalue weighted by Crippen LogP contribution is 2.41. The SMILES string of the molecule is CCCCCOC(=O)C1CCC(c2ccccc2)=C(c2ccccc2)C1. The molecule has 2 nitrogen and oxygen atoms in total. The molecule has 0 aliphatic heterocycles. The second kappa shape index (κ2) is 9.38. The second-order valence-electron chi connectivity index (χ2n) is 7.00. The van der Waals surface area contributed by atoms with E-state index in [9.17, 15) is 4.79 Å². The first-order chi connectivity index (χ1) is 12.8. The van der Waals surface area contributed by atoms with Crippen molar-refractivity contribution in [2.24, 2.45) is 5.92 Å². The second-order valence-corrected chi connectivity index (χ2v) is 7.00. The third-order valence-electron chi connectivity index (χ3n) is 5.13. The van der Waals surface area contributed by atoms with Gasteiger partial charge in [-0.2, -0.15) is 0 Å². The average Bonchev–Trinajstić information content (AvgIpc) is 2.72. The van der Waals surface area contributed by atoms with E-state index in [1.54, 1.807) is 0 Å². The lowest BCUT2D eigenvalue weighted by atomic mass is 9.78. The monoisotopic (exact) mass is 348 g/mol. The molecule has 0 radical (unpaired) electrons. The van der Waals surface area contributed by atoms with Crippen LogP contribution < -0.4 is 0 Å². The number of benzene rings is 2. The zero-order valence-corrected chi connectivity index (χ0v) is 15.6. The van der Waals surface area contributed by atoms with E-state index in [4.69, 9.17) is 4.74 Å². The maximum atomic E-state index is 12.5. The van der Waals surface area contributed by atoms with Crippen LogP contribution in [0.2, 0.25) is 0 Å². The topological polar surface area (TPSA) is 26.3 Å². The molecule has 1 aliphatic carbocycles. The van der Waals surface area contributed by atoms with E-state index in [0.717, 1.165) is 38.5 Å². The molecule has 1 unspecified atom stereocenters. The van der Waals surface area contributed by atoms with Crippen molar-refractivity contribution in [3.63, 3.8) is 0 Å². The molecule has 0 aromatic heterocycles. The summed E-state index contributed by atoms with van der Waals surface area (Å²) in [5.41, 5.74) is 5.14. The van der Waals surface area contributed by atoms with Crippen molar-refractivity contribution in [2.75, 3.05) is 6.61 Å². The van der Waals surface area contributed by atoms with Crippen LogP contribution in [0, 0.1) is 5.92 Å². The van der Waals surface area contributed by atoms with Crippen molar-refractivity contribution < 1.29 is 9.53 Å². The summed E-state index contributed by atoms with van der Waals surface area (Å²) in [6.07, 6.45) is 5.77. The number of esters is 1. The van der Waals surface area contributed by atoms with Crippen LogP contribution in [0.5, 0.6) is 0 Å². The van der Waals surface area contributed by atoms with Gasteiger partial charge in [-0.1, -0.05) is 80.4 Å². The number of allylic oxidation sites excluding steroid dienone is 2. The van der Waals surface area contributed by atoms with Crippen LogP contribution in [0.4, 0.5) is 0 Å². The Morgan fingerprint density at radius 3 is 2.15 bits per heavy atom. The van der Waals surface area contributed by atoms with Gasteiger partial charge in [0.25, 0.3) is 0 Å². The van der Waals surface area contributed by atoms with Crippen LogP contribution >= 0.6 is 0 Å². The van der Waals surface area contributed by atoms with Crippen LogP contribution in [0.15, 0.2) is 60.7 Å². The lowest BCUT2D eigenvalue weighted by Crippen LogP contribution is -2.22. The first kappa shape index (κ1) is 18.4. The Morgan fingerprint density at radius 1 is 0.923 bits per heavy atom. The maximum absolute atomic E-state index is 12.5. The van der Waals surface area contributed by atoms with Crippen LogP contribution in [0.25, 0.3) is 11.1 Å². The lowest BCUT2D eigenvalue weighted by Gasteiger charge is -2.27. The van der Waals surface area contributed by atoms with Gasteiger partial charge in [-0.25, -0.2) is 0 Å². The van der Waals surface area contributed by atoms with Gasteiger partial charge in [0.1, 0.15) is 0 Å². The Bertz CT molecular complexity index is 731. The molecule has 1 atom stereocenters.